The third-order valence-electron chi connectivity index (χ3n) is 0.853. The van der Waals surface area contributed by atoms with Crippen LogP contribution in [0.15, 0.2) is 0 Å². The van der Waals surface area contributed by atoms with E-state index in [1.807, 2.05) is 7.74 Å². The Balaban J connectivity index is 3.47. The molecule has 0 unspecified atom stereocenters. The standard InChI is InChI=1S/C5H10B2O5/c1-2-10-4(8)12-5(9)11-3-7-6/h7H,2-3,6H2,1H3. The zero-order valence-electron chi connectivity index (χ0n) is 7.16. The third-order valence-corrected chi connectivity index (χ3v) is 0.853. The Morgan fingerprint density at radius 2 is 1.92 bits per heavy atom. The molecule has 0 heterocycles. The van der Waals surface area contributed by atoms with Crippen LogP contribution in [0.4, 0.5) is 9.59 Å². The van der Waals surface area contributed by atoms with Crippen molar-refractivity contribution in [1.82, 2.24) is 0 Å². The van der Waals surface area contributed by atoms with E-state index in [2.05, 4.69) is 14.2 Å². The first-order valence-corrected chi connectivity index (χ1v) is 3.72. The van der Waals surface area contributed by atoms with Gasteiger partial charge in [-0.05, 0) is 6.92 Å². The molecule has 0 saturated carbocycles. The van der Waals surface area contributed by atoms with Gasteiger partial charge in [0.1, 0.15) is 7.17 Å². The van der Waals surface area contributed by atoms with Gasteiger partial charge in [-0.15, -0.1) is 0 Å². The largest absolute Gasteiger partial charge is 0.518 e. The minimum atomic E-state index is -1.03. The van der Waals surface area contributed by atoms with Crippen molar-refractivity contribution in [2.45, 2.75) is 6.92 Å². The van der Waals surface area contributed by atoms with Gasteiger partial charge < -0.3 is 14.2 Å². The van der Waals surface area contributed by atoms with Crippen molar-refractivity contribution in [3.05, 3.63) is 0 Å². The molecule has 0 aromatic rings. The smallest absolute Gasteiger partial charge is 0.444 e. The molecular formula is C5H10B2O5. The van der Waals surface area contributed by atoms with Crippen molar-refractivity contribution in [3.8, 4) is 0 Å². The monoisotopic (exact) mass is 172 g/mol. The maximum atomic E-state index is 10.5. The quantitative estimate of drug-likeness (QED) is 0.318. The first kappa shape index (κ1) is 10.9. The van der Waals surface area contributed by atoms with E-state index < -0.39 is 12.3 Å². The zero-order valence-corrected chi connectivity index (χ0v) is 7.16. The Labute approximate surface area is 72.0 Å². The van der Waals surface area contributed by atoms with Crippen LogP contribution in [0.25, 0.3) is 0 Å². The maximum Gasteiger partial charge on any atom is 0.518 e. The van der Waals surface area contributed by atoms with Gasteiger partial charge >= 0.3 is 12.3 Å². The zero-order chi connectivity index (χ0) is 9.40. The Kier molecular flexibility index (Phi) is 5.95. The van der Waals surface area contributed by atoms with Crippen molar-refractivity contribution < 1.29 is 23.8 Å². The van der Waals surface area contributed by atoms with Gasteiger partial charge in [0.05, 0.1) is 20.9 Å². The highest BCUT2D eigenvalue weighted by Crippen LogP contribution is 1.89. The van der Waals surface area contributed by atoms with Crippen molar-refractivity contribution in [2.75, 3.05) is 13.1 Å². The lowest BCUT2D eigenvalue weighted by molar-refractivity contribution is 0.0455. The van der Waals surface area contributed by atoms with Crippen molar-refractivity contribution in [1.29, 1.82) is 0 Å². The summed E-state index contributed by atoms with van der Waals surface area (Å²) >= 11 is 0. The highest BCUT2D eigenvalue weighted by Gasteiger charge is 2.11. The summed E-state index contributed by atoms with van der Waals surface area (Å²) in [7, 11) is 2.51. The SMILES string of the molecule is BBCOC(=O)OC(=O)OCC. The van der Waals surface area contributed by atoms with E-state index in [4.69, 9.17) is 0 Å². The molecule has 0 aliphatic rings. The average Bonchev–Trinajstić information content (AvgIpc) is 2.01. The normalized spacial score (nSPS) is 8.42. The average molecular weight is 172 g/mol. The van der Waals surface area contributed by atoms with E-state index in [0.717, 1.165) is 0 Å². The number of hydrogen-bond acceptors (Lipinski definition) is 5. The molecule has 0 spiro atoms. The summed E-state index contributed by atoms with van der Waals surface area (Å²) < 4.78 is 12.8. The van der Waals surface area contributed by atoms with Crippen LogP contribution < -0.4 is 0 Å². The molecule has 0 aliphatic heterocycles. The van der Waals surface area contributed by atoms with Crippen molar-refractivity contribution in [2.24, 2.45) is 0 Å². The van der Waals surface area contributed by atoms with Crippen LogP contribution in [-0.4, -0.2) is 40.3 Å². The molecule has 0 aromatic heterocycles. The van der Waals surface area contributed by atoms with Gasteiger partial charge in [0.15, 0.2) is 0 Å². The Morgan fingerprint density at radius 1 is 1.33 bits per heavy atom. The number of carbonyl (C=O) groups excluding carboxylic acids is 2. The number of ether oxygens (including phenoxy) is 3. The summed E-state index contributed by atoms with van der Waals surface area (Å²) in [5, 5.41) is 0. The van der Waals surface area contributed by atoms with Crippen LogP contribution in [0, 0.1) is 0 Å². The van der Waals surface area contributed by atoms with Crippen molar-refractivity contribution >= 4 is 27.2 Å². The van der Waals surface area contributed by atoms with E-state index in [1.54, 1.807) is 6.92 Å². The second kappa shape index (κ2) is 6.57. The molecule has 0 rings (SSSR count). The fraction of sp³-hybridized carbons (Fsp3) is 0.600. The molecule has 0 radical (unpaired) electrons. The predicted molar refractivity (Wildman–Crippen MR) is 45.1 cm³/mol. The molecule has 0 N–H and O–H groups in total. The summed E-state index contributed by atoms with van der Waals surface area (Å²) in [4.78, 5) is 21.0. The molecule has 66 valence electrons. The summed E-state index contributed by atoms with van der Waals surface area (Å²) in [6, 6.07) is 0. The Bertz CT molecular complexity index is 160. The molecule has 0 amide bonds. The van der Waals surface area contributed by atoms with Gasteiger partial charge in [0.2, 0.25) is 0 Å². The number of carbonyl (C=O) groups is 2. The molecule has 0 bridgehead atoms. The Hall–Kier alpha value is -1.13. The molecule has 5 nitrogen and oxygen atoms in total. The van der Waals surface area contributed by atoms with Gasteiger partial charge in [0.25, 0.3) is 0 Å². The lowest BCUT2D eigenvalue weighted by Gasteiger charge is -2.02. The number of hydrogen-bond donors (Lipinski definition) is 0. The second-order valence-corrected chi connectivity index (χ2v) is 1.88. The Morgan fingerprint density at radius 3 is 2.42 bits per heavy atom. The van der Waals surface area contributed by atoms with Crippen LogP contribution in [0.5, 0.6) is 0 Å². The summed E-state index contributed by atoms with van der Waals surface area (Å²) in [6.45, 7) is 2.01. The highest BCUT2D eigenvalue weighted by molar-refractivity contribution is 6.89. The predicted octanol–water partition coefficient (Wildman–Crippen LogP) is -0.762. The van der Waals surface area contributed by atoms with Gasteiger partial charge in [0, 0.05) is 0 Å². The molecule has 7 heteroatoms. The van der Waals surface area contributed by atoms with Crippen LogP contribution >= 0.6 is 0 Å². The fourth-order valence-electron chi connectivity index (χ4n) is 0.430. The molecule has 0 atom stereocenters. The lowest BCUT2D eigenvalue weighted by Crippen LogP contribution is -2.17. The minimum absolute atomic E-state index is 0.167. The number of rotatable bonds is 3. The van der Waals surface area contributed by atoms with Gasteiger partial charge in [-0.3, -0.25) is 0 Å². The van der Waals surface area contributed by atoms with Crippen LogP contribution in [0.2, 0.25) is 0 Å². The summed E-state index contributed by atoms with van der Waals surface area (Å²) in [5.41, 5.74) is 0. The van der Waals surface area contributed by atoms with Crippen molar-refractivity contribution in [3.63, 3.8) is 0 Å². The minimum Gasteiger partial charge on any atom is -0.444 e. The lowest BCUT2D eigenvalue weighted by atomic mass is 9.57. The van der Waals surface area contributed by atoms with Gasteiger partial charge in [-0.25, -0.2) is 9.59 Å². The molecule has 0 saturated heterocycles. The van der Waals surface area contributed by atoms with Crippen LogP contribution in [0.3, 0.4) is 0 Å². The van der Waals surface area contributed by atoms with E-state index in [1.165, 1.54) is 0 Å². The molecule has 12 heavy (non-hydrogen) atoms. The van der Waals surface area contributed by atoms with E-state index in [-0.39, 0.29) is 13.1 Å². The highest BCUT2D eigenvalue weighted by atomic mass is 16.8. The van der Waals surface area contributed by atoms with Crippen LogP contribution in [0.1, 0.15) is 6.92 Å². The first-order chi connectivity index (χ1) is 5.70. The summed E-state index contributed by atoms with van der Waals surface area (Å²) in [5.74, 6) is 0. The maximum absolute atomic E-state index is 10.5. The fourth-order valence-corrected chi connectivity index (χ4v) is 0.430. The van der Waals surface area contributed by atoms with Gasteiger partial charge in [-0.1, -0.05) is 0 Å². The second-order valence-electron chi connectivity index (χ2n) is 1.88. The van der Waals surface area contributed by atoms with E-state index >= 15 is 0 Å². The van der Waals surface area contributed by atoms with Gasteiger partial charge in [-0.2, -0.15) is 0 Å². The molecule has 0 aromatic carbocycles. The molecular weight excluding hydrogens is 162 g/mol. The van der Waals surface area contributed by atoms with Crippen LogP contribution in [-0.2, 0) is 14.2 Å². The summed E-state index contributed by atoms with van der Waals surface area (Å²) in [6.07, 6.45) is -2.05. The topological polar surface area (TPSA) is 61.8 Å². The molecule has 0 aliphatic carbocycles. The molecule has 0 fully saturated rings. The van der Waals surface area contributed by atoms with E-state index in [0.29, 0.717) is 7.17 Å². The third kappa shape index (κ3) is 5.64. The van der Waals surface area contributed by atoms with E-state index in [9.17, 15) is 9.59 Å². The first-order valence-electron chi connectivity index (χ1n) is 3.72.